The van der Waals surface area contributed by atoms with E-state index < -0.39 is 64.2 Å². The van der Waals surface area contributed by atoms with Crippen molar-refractivity contribution in [3.8, 4) is 0 Å². The average molecular weight is 682 g/mol. The maximum absolute atomic E-state index is 14.1. The molecular weight excluding hydrogens is 663 g/mol. The van der Waals surface area contributed by atoms with E-state index in [0.717, 1.165) is 11.8 Å². The van der Waals surface area contributed by atoms with Crippen LogP contribution in [0.5, 0.6) is 0 Å². The molecule has 0 bridgehead atoms. The van der Waals surface area contributed by atoms with E-state index in [1.54, 1.807) is 59.9 Å². The van der Waals surface area contributed by atoms with Gasteiger partial charge in [0.25, 0.3) is 11.8 Å². The summed E-state index contributed by atoms with van der Waals surface area (Å²) in [5.41, 5.74) is -3.58. The second kappa shape index (κ2) is 14.5. The normalized spacial score (nSPS) is 11.6. The molecule has 0 radical (unpaired) electrons. The number of amides is 3. The molecule has 238 valence electrons. The molecule has 0 fully saturated rings. The van der Waals surface area contributed by atoms with E-state index in [1.807, 2.05) is 0 Å². The molecule has 0 aliphatic rings. The summed E-state index contributed by atoms with van der Waals surface area (Å²) in [6.07, 6.45) is -4.33. The number of thioether (sulfide) groups is 1. The van der Waals surface area contributed by atoms with Gasteiger partial charge in [0.05, 0.1) is 5.75 Å². The lowest BCUT2D eigenvalue weighted by atomic mass is 10.1. The number of alkyl halides is 3. The molecule has 0 saturated heterocycles. The first-order valence-electron chi connectivity index (χ1n) is 12.9. The van der Waals surface area contributed by atoms with Crippen molar-refractivity contribution in [2.45, 2.75) is 11.1 Å². The molecule has 15 heteroatoms. The minimum Gasteiger partial charge on any atom is -0.321 e. The van der Waals surface area contributed by atoms with Crippen LogP contribution in [-0.2, 0) is 15.8 Å². The van der Waals surface area contributed by atoms with Crippen LogP contribution in [0.15, 0.2) is 89.5 Å². The third kappa shape index (κ3) is 8.25. The van der Waals surface area contributed by atoms with Crippen molar-refractivity contribution in [3.63, 3.8) is 0 Å². The number of benzene rings is 4. The molecule has 0 unspecified atom stereocenters. The largest absolute Gasteiger partial charge is 0.422 e. The Hall–Kier alpha value is -4.82. The predicted octanol–water partition coefficient (Wildman–Crippen LogP) is 8.06. The summed E-state index contributed by atoms with van der Waals surface area (Å²) < 4.78 is 94.2. The molecule has 0 spiro atoms. The van der Waals surface area contributed by atoms with E-state index in [0.29, 0.717) is 21.0 Å². The fraction of sp³-hybridized carbons (Fsp3) is 0.0645. The Kier molecular flexibility index (Phi) is 10.7. The molecule has 0 aromatic heterocycles. The molecule has 3 N–H and O–H groups in total. The lowest BCUT2D eigenvalue weighted by Crippen LogP contribution is -2.30. The van der Waals surface area contributed by atoms with Crippen LogP contribution in [0, 0.1) is 23.3 Å². The van der Waals surface area contributed by atoms with Crippen molar-refractivity contribution in [3.05, 3.63) is 130 Å². The van der Waals surface area contributed by atoms with Crippen LogP contribution in [0.2, 0.25) is 5.02 Å². The number of rotatable bonds is 9. The summed E-state index contributed by atoms with van der Waals surface area (Å²) in [4.78, 5) is 38.5. The number of hydrogen-bond donors (Lipinski definition) is 3. The first-order chi connectivity index (χ1) is 21.8. The number of carbonyl (C=O) groups excluding carboxylic acids is 3. The summed E-state index contributed by atoms with van der Waals surface area (Å²) in [5.74, 6) is -13.2. The highest BCUT2D eigenvalue weighted by Gasteiger charge is 2.42. The Morgan fingerprint density at radius 3 is 1.93 bits per heavy atom. The minimum absolute atomic E-state index is 0.132. The van der Waals surface area contributed by atoms with Gasteiger partial charge >= 0.3 is 6.18 Å². The zero-order chi connectivity index (χ0) is 33.6. The van der Waals surface area contributed by atoms with E-state index >= 15 is 0 Å². The van der Waals surface area contributed by atoms with Gasteiger partial charge in [-0.05, 0) is 54.1 Å². The van der Waals surface area contributed by atoms with Crippen LogP contribution in [-0.4, -0.2) is 23.5 Å². The van der Waals surface area contributed by atoms with Gasteiger partial charge in [0, 0.05) is 21.2 Å². The first-order valence-corrected chi connectivity index (χ1v) is 14.2. The summed E-state index contributed by atoms with van der Waals surface area (Å²) in [6.45, 7) is 0. The van der Waals surface area contributed by atoms with Crippen LogP contribution in [0.25, 0.3) is 6.08 Å². The maximum Gasteiger partial charge on any atom is 0.422 e. The highest BCUT2D eigenvalue weighted by atomic mass is 35.5. The van der Waals surface area contributed by atoms with Crippen molar-refractivity contribution in [2.24, 2.45) is 0 Å². The van der Waals surface area contributed by atoms with Crippen LogP contribution < -0.4 is 16.0 Å². The Balaban J connectivity index is 1.43. The van der Waals surface area contributed by atoms with Gasteiger partial charge in [-0.3, -0.25) is 14.4 Å². The minimum atomic E-state index is -5.72. The fourth-order valence-corrected chi connectivity index (χ4v) is 4.73. The topological polar surface area (TPSA) is 87.3 Å². The maximum atomic E-state index is 14.1. The van der Waals surface area contributed by atoms with Crippen LogP contribution in [0.1, 0.15) is 21.5 Å². The standard InChI is InChI=1S/C31H19ClF7N3O3S/c32-20-9-5-4-8-17(20)14-21(41-29(44)16-6-2-1-3-7-16)30(45)40-18-10-12-19(13-11-18)46-15-22(43)42-28-26(35)24(33)23(31(37,38)39)25(34)27(28)36/h1-14H,15H2,(H,40,45)(H,41,44)(H,42,43)/b21-14-. The molecule has 0 atom stereocenters. The Bertz CT molecular complexity index is 1790. The van der Waals surface area contributed by atoms with Crippen molar-refractivity contribution in [1.29, 1.82) is 0 Å². The highest BCUT2D eigenvalue weighted by Crippen LogP contribution is 2.38. The summed E-state index contributed by atoms with van der Waals surface area (Å²) in [6, 6.07) is 20.5. The summed E-state index contributed by atoms with van der Waals surface area (Å²) >= 11 is 7.02. The van der Waals surface area contributed by atoms with E-state index in [9.17, 15) is 45.1 Å². The number of carbonyl (C=O) groups is 3. The van der Waals surface area contributed by atoms with Gasteiger partial charge in [0.2, 0.25) is 5.91 Å². The van der Waals surface area contributed by atoms with Crippen molar-refractivity contribution in [2.75, 3.05) is 16.4 Å². The monoisotopic (exact) mass is 681 g/mol. The molecule has 0 aliphatic heterocycles. The first kappa shape index (κ1) is 34.1. The zero-order valence-electron chi connectivity index (χ0n) is 22.9. The SMILES string of the molecule is O=C(CSc1ccc(NC(=O)/C(=C/c2ccccc2Cl)NC(=O)c2ccccc2)cc1)Nc1c(F)c(F)c(C(F)(F)F)c(F)c1F. The fourth-order valence-electron chi connectivity index (χ4n) is 3.84. The second-order valence-corrected chi connectivity index (χ2v) is 10.7. The number of anilines is 2. The lowest BCUT2D eigenvalue weighted by molar-refractivity contribution is -0.143. The predicted molar refractivity (Wildman–Crippen MR) is 159 cm³/mol. The van der Waals surface area contributed by atoms with Crippen LogP contribution >= 0.6 is 23.4 Å². The van der Waals surface area contributed by atoms with Gasteiger partial charge < -0.3 is 16.0 Å². The van der Waals surface area contributed by atoms with Gasteiger partial charge in [-0.25, -0.2) is 17.6 Å². The van der Waals surface area contributed by atoms with Crippen molar-refractivity contribution >= 4 is 58.5 Å². The smallest absolute Gasteiger partial charge is 0.321 e. The van der Waals surface area contributed by atoms with Crippen molar-refractivity contribution in [1.82, 2.24) is 5.32 Å². The van der Waals surface area contributed by atoms with E-state index in [2.05, 4.69) is 10.6 Å². The van der Waals surface area contributed by atoms with Gasteiger partial charge in [-0.15, -0.1) is 11.8 Å². The van der Waals surface area contributed by atoms with E-state index in [4.69, 9.17) is 11.6 Å². The van der Waals surface area contributed by atoms with E-state index in [1.165, 1.54) is 30.3 Å². The Morgan fingerprint density at radius 2 is 1.35 bits per heavy atom. The van der Waals surface area contributed by atoms with Crippen molar-refractivity contribution < 1.29 is 45.1 Å². The number of hydrogen-bond acceptors (Lipinski definition) is 4. The molecule has 0 saturated carbocycles. The average Bonchev–Trinajstić information content (AvgIpc) is 3.02. The number of nitrogens with one attached hydrogen (secondary N) is 3. The van der Waals surface area contributed by atoms with Crippen LogP contribution in [0.4, 0.5) is 42.1 Å². The Labute approximate surface area is 265 Å². The zero-order valence-corrected chi connectivity index (χ0v) is 24.5. The van der Waals surface area contributed by atoms with Crippen LogP contribution in [0.3, 0.4) is 0 Å². The number of halogens is 8. The molecule has 4 aromatic carbocycles. The van der Waals surface area contributed by atoms with Gasteiger partial charge in [0.15, 0.2) is 23.3 Å². The Morgan fingerprint density at radius 1 is 0.761 bits per heavy atom. The molecular formula is C31H19ClF7N3O3S. The lowest BCUT2D eigenvalue weighted by Gasteiger charge is -2.14. The quantitative estimate of drug-likeness (QED) is 0.0722. The second-order valence-electron chi connectivity index (χ2n) is 9.22. The van der Waals surface area contributed by atoms with Gasteiger partial charge in [0.1, 0.15) is 16.9 Å². The van der Waals surface area contributed by atoms with Gasteiger partial charge in [-0.2, -0.15) is 13.2 Å². The highest BCUT2D eigenvalue weighted by molar-refractivity contribution is 8.00. The molecule has 46 heavy (non-hydrogen) atoms. The molecule has 0 aliphatic carbocycles. The summed E-state index contributed by atoms with van der Waals surface area (Å²) in [7, 11) is 0. The van der Waals surface area contributed by atoms with E-state index in [-0.39, 0.29) is 11.4 Å². The molecule has 3 amide bonds. The molecule has 6 nitrogen and oxygen atoms in total. The third-order valence-corrected chi connectivity index (χ3v) is 7.38. The summed E-state index contributed by atoms with van der Waals surface area (Å²) in [5, 5.41) is 7.05. The molecule has 4 aromatic rings. The third-order valence-electron chi connectivity index (χ3n) is 6.03. The van der Waals surface area contributed by atoms with Gasteiger partial charge in [-0.1, -0.05) is 48.0 Å². The molecule has 0 heterocycles. The molecule has 4 rings (SSSR count).